The number of rotatable bonds is 6. The average Bonchev–Trinajstić information content (AvgIpc) is 3.29. The van der Waals surface area contributed by atoms with Crippen LogP contribution in [0.15, 0.2) is 30.3 Å². The molecule has 3 fully saturated rings. The normalized spacial score (nSPS) is 33.6. The van der Waals surface area contributed by atoms with Crippen molar-refractivity contribution >= 4 is 11.8 Å². The van der Waals surface area contributed by atoms with Gasteiger partial charge in [-0.25, -0.2) is 5.43 Å². The van der Waals surface area contributed by atoms with E-state index in [0.717, 1.165) is 18.6 Å². The summed E-state index contributed by atoms with van der Waals surface area (Å²) in [5.41, 5.74) is 8.36. The van der Waals surface area contributed by atoms with Crippen molar-refractivity contribution in [3.05, 3.63) is 35.9 Å². The third-order valence-electron chi connectivity index (χ3n) is 6.28. The second-order valence-electron chi connectivity index (χ2n) is 7.85. The van der Waals surface area contributed by atoms with Crippen molar-refractivity contribution in [3.8, 4) is 0 Å². The van der Waals surface area contributed by atoms with Gasteiger partial charge in [0.1, 0.15) is 0 Å². The van der Waals surface area contributed by atoms with Crippen molar-refractivity contribution in [2.75, 3.05) is 44.7 Å². The van der Waals surface area contributed by atoms with E-state index < -0.39 is 0 Å². The maximum absolute atomic E-state index is 3.53. The fraction of sp³-hybridized carbons (Fsp3) is 0.700. The SMILES string of the molecule is CSCC[C@H]1CN2CCC[C@H]2CN1CC1CNNC1c1ccccc1. The summed E-state index contributed by atoms with van der Waals surface area (Å²) in [6.07, 6.45) is 6.36. The molecule has 138 valence electrons. The van der Waals surface area contributed by atoms with Crippen LogP contribution in [-0.4, -0.2) is 66.6 Å². The molecule has 0 saturated carbocycles. The summed E-state index contributed by atoms with van der Waals surface area (Å²) in [5.74, 6) is 1.93. The smallest absolute Gasteiger partial charge is 0.0515 e. The second kappa shape index (κ2) is 8.40. The molecule has 0 aromatic heterocycles. The van der Waals surface area contributed by atoms with Crippen LogP contribution in [0, 0.1) is 5.92 Å². The zero-order valence-corrected chi connectivity index (χ0v) is 16.2. The van der Waals surface area contributed by atoms with Crippen LogP contribution in [0.3, 0.4) is 0 Å². The molecule has 5 heteroatoms. The predicted molar refractivity (Wildman–Crippen MR) is 107 cm³/mol. The van der Waals surface area contributed by atoms with Crippen LogP contribution in [0.1, 0.15) is 30.9 Å². The molecule has 3 aliphatic rings. The molecule has 2 unspecified atom stereocenters. The summed E-state index contributed by atoms with van der Waals surface area (Å²) in [6.45, 7) is 6.17. The zero-order chi connectivity index (χ0) is 17.1. The van der Waals surface area contributed by atoms with Crippen LogP contribution < -0.4 is 10.9 Å². The first kappa shape index (κ1) is 17.8. The largest absolute Gasteiger partial charge is 0.298 e. The van der Waals surface area contributed by atoms with Gasteiger partial charge in [0, 0.05) is 44.2 Å². The zero-order valence-electron chi connectivity index (χ0n) is 15.4. The minimum Gasteiger partial charge on any atom is -0.298 e. The van der Waals surface area contributed by atoms with Gasteiger partial charge in [-0.1, -0.05) is 30.3 Å². The number of hydrogen-bond donors (Lipinski definition) is 2. The van der Waals surface area contributed by atoms with E-state index in [1.807, 2.05) is 11.8 Å². The highest BCUT2D eigenvalue weighted by atomic mass is 32.2. The van der Waals surface area contributed by atoms with E-state index in [9.17, 15) is 0 Å². The average molecular weight is 361 g/mol. The third-order valence-corrected chi connectivity index (χ3v) is 6.93. The monoisotopic (exact) mass is 360 g/mol. The molecule has 4 rings (SSSR count). The van der Waals surface area contributed by atoms with E-state index in [-0.39, 0.29) is 0 Å². The molecular formula is C20H32N4S. The van der Waals surface area contributed by atoms with Gasteiger partial charge in [-0.15, -0.1) is 0 Å². The molecule has 3 heterocycles. The van der Waals surface area contributed by atoms with Gasteiger partial charge in [0.15, 0.2) is 0 Å². The Kier molecular flexibility index (Phi) is 5.98. The van der Waals surface area contributed by atoms with E-state index in [2.05, 4.69) is 57.2 Å². The molecule has 0 amide bonds. The Labute approximate surface area is 156 Å². The molecule has 0 radical (unpaired) electrons. The summed E-state index contributed by atoms with van der Waals surface area (Å²) in [7, 11) is 0. The van der Waals surface area contributed by atoms with Gasteiger partial charge in [0.05, 0.1) is 6.04 Å². The number of piperazine rings is 1. The fourth-order valence-corrected chi connectivity index (χ4v) is 5.43. The first-order valence-corrected chi connectivity index (χ1v) is 11.2. The first-order valence-electron chi connectivity index (χ1n) is 9.85. The Morgan fingerprint density at radius 1 is 1.20 bits per heavy atom. The van der Waals surface area contributed by atoms with E-state index in [0.29, 0.717) is 12.0 Å². The summed E-state index contributed by atoms with van der Waals surface area (Å²) in [5, 5.41) is 0. The van der Waals surface area contributed by atoms with Crippen LogP contribution in [0.2, 0.25) is 0 Å². The molecule has 1 aromatic carbocycles. The maximum atomic E-state index is 3.53. The second-order valence-corrected chi connectivity index (χ2v) is 8.84. The topological polar surface area (TPSA) is 30.5 Å². The van der Waals surface area contributed by atoms with Crippen LogP contribution in [0.25, 0.3) is 0 Å². The predicted octanol–water partition coefficient (Wildman–Crippen LogP) is 2.35. The molecule has 2 N–H and O–H groups in total. The van der Waals surface area contributed by atoms with Crippen molar-refractivity contribution in [2.45, 2.75) is 37.4 Å². The van der Waals surface area contributed by atoms with Crippen LogP contribution in [0.4, 0.5) is 0 Å². The molecule has 25 heavy (non-hydrogen) atoms. The Morgan fingerprint density at radius 3 is 2.92 bits per heavy atom. The third kappa shape index (κ3) is 4.06. The maximum Gasteiger partial charge on any atom is 0.0515 e. The lowest BCUT2D eigenvalue weighted by molar-refractivity contribution is 0.0384. The van der Waals surface area contributed by atoms with Crippen molar-refractivity contribution in [1.29, 1.82) is 0 Å². The number of fused-ring (bicyclic) bond motifs is 1. The number of hydrazine groups is 1. The van der Waals surface area contributed by atoms with Crippen molar-refractivity contribution < 1.29 is 0 Å². The van der Waals surface area contributed by atoms with Crippen molar-refractivity contribution in [3.63, 3.8) is 0 Å². The highest BCUT2D eigenvalue weighted by Crippen LogP contribution is 2.30. The van der Waals surface area contributed by atoms with Gasteiger partial charge < -0.3 is 0 Å². The van der Waals surface area contributed by atoms with Gasteiger partial charge in [0.25, 0.3) is 0 Å². The van der Waals surface area contributed by atoms with E-state index in [4.69, 9.17) is 0 Å². The first-order chi connectivity index (χ1) is 12.3. The highest BCUT2D eigenvalue weighted by molar-refractivity contribution is 7.98. The van der Waals surface area contributed by atoms with Crippen LogP contribution in [0.5, 0.6) is 0 Å². The van der Waals surface area contributed by atoms with Crippen LogP contribution >= 0.6 is 11.8 Å². The van der Waals surface area contributed by atoms with E-state index in [1.54, 1.807) is 0 Å². The number of nitrogens with zero attached hydrogens (tertiary/aromatic N) is 2. The summed E-state index contributed by atoms with van der Waals surface area (Å²) < 4.78 is 0. The highest BCUT2D eigenvalue weighted by Gasteiger charge is 2.38. The van der Waals surface area contributed by atoms with Gasteiger partial charge in [-0.05, 0) is 43.4 Å². The summed E-state index contributed by atoms with van der Waals surface area (Å²) in [6, 6.07) is 12.9. The van der Waals surface area contributed by atoms with Gasteiger partial charge in [-0.3, -0.25) is 15.2 Å². The Hall–Kier alpha value is -0.590. The summed E-state index contributed by atoms with van der Waals surface area (Å²) >= 11 is 1.99. The molecule has 0 bridgehead atoms. The lowest BCUT2D eigenvalue weighted by Gasteiger charge is -2.45. The molecule has 3 aliphatic heterocycles. The standard InChI is InChI=1S/C20H32N4S/c1-25-11-9-19-14-23-10-5-8-18(23)15-24(19)13-17-12-21-22-20(17)16-6-3-2-4-7-16/h2-4,6-7,17-22H,5,8-15H2,1H3/t17?,18-,19-,20?/m0/s1. The van der Waals surface area contributed by atoms with Crippen molar-refractivity contribution in [1.82, 2.24) is 20.7 Å². The quantitative estimate of drug-likeness (QED) is 0.813. The number of nitrogens with one attached hydrogen (secondary N) is 2. The molecule has 3 saturated heterocycles. The lowest BCUT2D eigenvalue weighted by Crippen LogP contribution is -2.57. The van der Waals surface area contributed by atoms with Gasteiger partial charge in [0.2, 0.25) is 0 Å². The molecule has 4 atom stereocenters. The number of thioether (sulfide) groups is 1. The molecule has 1 aromatic rings. The molecule has 0 aliphatic carbocycles. The molecule has 4 nitrogen and oxygen atoms in total. The van der Waals surface area contributed by atoms with E-state index >= 15 is 0 Å². The minimum absolute atomic E-state index is 0.434. The fourth-order valence-electron chi connectivity index (χ4n) is 4.92. The summed E-state index contributed by atoms with van der Waals surface area (Å²) in [4.78, 5) is 5.60. The Balaban J connectivity index is 1.44. The van der Waals surface area contributed by atoms with Gasteiger partial charge in [-0.2, -0.15) is 11.8 Å². The molecular weight excluding hydrogens is 328 g/mol. The van der Waals surface area contributed by atoms with E-state index in [1.165, 1.54) is 56.8 Å². The van der Waals surface area contributed by atoms with Gasteiger partial charge >= 0.3 is 0 Å². The lowest BCUT2D eigenvalue weighted by atomic mass is 9.93. The Morgan fingerprint density at radius 2 is 2.08 bits per heavy atom. The Bertz CT molecular complexity index is 540. The number of benzene rings is 1. The molecule has 0 spiro atoms. The number of hydrogen-bond acceptors (Lipinski definition) is 5. The van der Waals surface area contributed by atoms with Crippen LogP contribution in [-0.2, 0) is 0 Å². The van der Waals surface area contributed by atoms with Crippen molar-refractivity contribution in [2.24, 2.45) is 5.92 Å². The minimum atomic E-state index is 0.434.